The number of rotatable bonds is 0. The highest BCUT2D eigenvalue weighted by molar-refractivity contribution is 4.74. The first-order valence-corrected chi connectivity index (χ1v) is 6.82. The van der Waals surface area contributed by atoms with Gasteiger partial charge in [0.25, 0.3) is 0 Å². The zero-order chi connectivity index (χ0) is 12.7. The molecule has 18 heavy (non-hydrogen) atoms. The van der Waals surface area contributed by atoms with Crippen LogP contribution in [0.15, 0.2) is 24.8 Å². The second-order valence-electron chi connectivity index (χ2n) is 4.21. The molecule has 0 aliphatic carbocycles. The highest BCUT2D eigenvalue weighted by Crippen LogP contribution is 1.96. The molecule has 0 spiro atoms. The number of piperazine rings is 1. The van der Waals surface area contributed by atoms with Gasteiger partial charge in [-0.05, 0) is 32.0 Å². The van der Waals surface area contributed by atoms with Crippen LogP contribution in [0.1, 0.15) is 19.3 Å². The highest BCUT2D eigenvalue weighted by atomic mass is 15.0. The van der Waals surface area contributed by atoms with Gasteiger partial charge in [-0.15, -0.1) is 0 Å². The third-order valence-corrected chi connectivity index (χ3v) is 2.64. The van der Waals surface area contributed by atoms with Crippen LogP contribution in [0.3, 0.4) is 0 Å². The fourth-order valence-electron chi connectivity index (χ4n) is 1.66. The minimum Gasteiger partial charge on any atom is -0.317 e. The summed E-state index contributed by atoms with van der Waals surface area (Å²) in [5.74, 6) is 0. The quantitative estimate of drug-likeness (QED) is 0.624. The first-order chi connectivity index (χ1) is 9.00. The predicted octanol–water partition coefficient (Wildman–Crippen LogP) is 0.416. The van der Waals surface area contributed by atoms with Crippen LogP contribution in [-0.2, 0) is 0 Å². The zero-order valence-electron chi connectivity index (χ0n) is 11.1. The van der Waals surface area contributed by atoms with E-state index >= 15 is 0 Å². The van der Waals surface area contributed by atoms with Gasteiger partial charge in [-0.3, -0.25) is 0 Å². The Kier molecular flexibility index (Phi) is 10.4. The van der Waals surface area contributed by atoms with Crippen molar-refractivity contribution in [3.05, 3.63) is 24.8 Å². The molecule has 0 unspecified atom stereocenters. The maximum atomic E-state index is 3.67. The highest BCUT2D eigenvalue weighted by Gasteiger charge is 1.93. The monoisotopic (exact) mass is 251 g/mol. The van der Waals surface area contributed by atoms with Crippen LogP contribution in [0.25, 0.3) is 0 Å². The summed E-state index contributed by atoms with van der Waals surface area (Å²) in [6, 6.07) is 1.78. The second-order valence-corrected chi connectivity index (χ2v) is 4.21. The van der Waals surface area contributed by atoms with E-state index in [4.69, 9.17) is 0 Å². The standard InChI is InChI=1S/C5H11N.C4H10N2.C4H4N2/c1-2-4-6-5-3-1;1-2-6-4-3-5-1;1-2-5-4-6-3-1/h6H,1-5H2;5-6H,1-4H2;1-4H. The van der Waals surface area contributed by atoms with Gasteiger partial charge in [0.2, 0.25) is 0 Å². The first-order valence-electron chi connectivity index (χ1n) is 6.82. The molecule has 1 aromatic rings. The van der Waals surface area contributed by atoms with Crippen molar-refractivity contribution in [2.45, 2.75) is 19.3 Å². The number of nitrogens with one attached hydrogen (secondary N) is 3. The van der Waals surface area contributed by atoms with E-state index in [9.17, 15) is 0 Å². The van der Waals surface area contributed by atoms with Gasteiger partial charge in [0.15, 0.2) is 0 Å². The van der Waals surface area contributed by atoms with Gasteiger partial charge in [0, 0.05) is 38.6 Å². The third-order valence-electron chi connectivity index (χ3n) is 2.64. The summed E-state index contributed by atoms with van der Waals surface area (Å²) < 4.78 is 0. The SMILES string of the molecule is C1CCNCC1.C1CNCCN1.c1cncnc1. The van der Waals surface area contributed by atoms with Gasteiger partial charge in [-0.2, -0.15) is 0 Å². The summed E-state index contributed by atoms with van der Waals surface area (Å²) in [6.07, 6.45) is 9.09. The van der Waals surface area contributed by atoms with Gasteiger partial charge in [-0.25, -0.2) is 9.97 Å². The lowest BCUT2D eigenvalue weighted by Crippen LogP contribution is -2.39. The fourth-order valence-corrected chi connectivity index (χ4v) is 1.66. The zero-order valence-corrected chi connectivity index (χ0v) is 11.1. The maximum absolute atomic E-state index is 3.67. The molecular formula is C13H25N5. The molecule has 0 bridgehead atoms. The predicted molar refractivity (Wildman–Crippen MR) is 74.5 cm³/mol. The average Bonchev–Trinajstić information content (AvgIpc) is 2.54. The molecule has 102 valence electrons. The molecule has 5 heteroatoms. The maximum Gasteiger partial charge on any atom is 0.115 e. The number of nitrogens with zero attached hydrogens (tertiary/aromatic N) is 2. The van der Waals surface area contributed by atoms with E-state index in [1.807, 2.05) is 0 Å². The van der Waals surface area contributed by atoms with E-state index in [0.717, 1.165) is 26.2 Å². The van der Waals surface area contributed by atoms with Crippen molar-refractivity contribution in [2.75, 3.05) is 39.3 Å². The molecule has 0 amide bonds. The molecular weight excluding hydrogens is 226 g/mol. The molecule has 2 aliphatic rings. The summed E-state index contributed by atoms with van der Waals surface area (Å²) in [6.45, 7) is 7.06. The van der Waals surface area contributed by atoms with Crippen molar-refractivity contribution in [2.24, 2.45) is 0 Å². The topological polar surface area (TPSA) is 61.9 Å². The Balaban J connectivity index is 0.000000135. The van der Waals surface area contributed by atoms with Crippen molar-refractivity contribution < 1.29 is 0 Å². The number of hydrogen-bond donors (Lipinski definition) is 3. The first kappa shape index (κ1) is 15.0. The van der Waals surface area contributed by atoms with Gasteiger partial charge in [0.05, 0.1) is 0 Å². The van der Waals surface area contributed by atoms with E-state index < -0.39 is 0 Å². The van der Waals surface area contributed by atoms with Gasteiger partial charge in [0.1, 0.15) is 6.33 Å². The van der Waals surface area contributed by atoms with E-state index in [0.29, 0.717) is 0 Å². The van der Waals surface area contributed by atoms with E-state index in [1.165, 1.54) is 38.7 Å². The van der Waals surface area contributed by atoms with Crippen molar-refractivity contribution in [1.82, 2.24) is 25.9 Å². The van der Waals surface area contributed by atoms with Crippen molar-refractivity contribution in [3.63, 3.8) is 0 Å². The van der Waals surface area contributed by atoms with Crippen LogP contribution in [-0.4, -0.2) is 49.2 Å². The molecule has 3 rings (SSSR count). The molecule has 2 aliphatic heterocycles. The summed E-state index contributed by atoms with van der Waals surface area (Å²) >= 11 is 0. The smallest absolute Gasteiger partial charge is 0.115 e. The molecule has 0 aromatic carbocycles. The molecule has 0 atom stereocenters. The van der Waals surface area contributed by atoms with Gasteiger partial charge < -0.3 is 16.0 Å². The van der Waals surface area contributed by atoms with Crippen LogP contribution in [0, 0.1) is 0 Å². The van der Waals surface area contributed by atoms with Gasteiger partial charge in [-0.1, -0.05) is 6.42 Å². The van der Waals surface area contributed by atoms with Crippen LogP contribution in [0.5, 0.6) is 0 Å². The van der Waals surface area contributed by atoms with Crippen LogP contribution < -0.4 is 16.0 Å². The largest absolute Gasteiger partial charge is 0.317 e. The number of hydrogen-bond acceptors (Lipinski definition) is 5. The molecule has 0 saturated carbocycles. The lowest BCUT2D eigenvalue weighted by molar-refractivity contribution is 0.520. The molecule has 2 saturated heterocycles. The molecule has 3 heterocycles. The van der Waals surface area contributed by atoms with Gasteiger partial charge >= 0.3 is 0 Å². The van der Waals surface area contributed by atoms with Crippen LogP contribution in [0.4, 0.5) is 0 Å². The normalized spacial score (nSPS) is 18.7. The lowest BCUT2D eigenvalue weighted by atomic mass is 10.2. The Morgan fingerprint density at radius 2 is 1.11 bits per heavy atom. The van der Waals surface area contributed by atoms with E-state index in [1.54, 1.807) is 18.5 Å². The molecule has 2 fully saturated rings. The molecule has 1 aromatic heterocycles. The number of piperidine rings is 1. The van der Waals surface area contributed by atoms with Crippen molar-refractivity contribution in [1.29, 1.82) is 0 Å². The van der Waals surface area contributed by atoms with E-state index in [2.05, 4.69) is 25.9 Å². The fraction of sp³-hybridized carbons (Fsp3) is 0.692. The van der Waals surface area contributed by atoms with Crippen molar-refractivity contribution in [3.8, 4) is 0 Å². The summed E-state index contributed by atoms with van der Waals surface area (Å²) in [5, 5.41) is 9.73. The molecule has 5 nitrogen and oxygen atoms in total. The van der Waals surface area contributed by atoms with E-state index in [-0.39, 0.29) is 0 Å². The Morgan fingerprint density at radius 1 is 0.611 bits per heavy atom. The lowest BCUT2D eigenvalue weighted by Gasteiger charge is -2.11. The van der Waals surface area contributed by atoms with Crippen LogP contribution >= 0.6 is 0 Å². The second kappa shape index (κ2) is 12.4. The Labute approximate surface area is 110 Å². The Bertz CT molecular complexity index is 185. The average molecular weight is 251 g/mol. The minimum atomic E-state index is 1.14. The summed E-state index contributed by atoms with van der Waals surface area (Å²) in [4.78, 5) is 7.35. The molecule has 3 N–H and O–H groups in total. The third kappa shape index (κ3) is 10.1. The van der Waals surface area contributed by atoms with Crippen molar-refractivity contribution >= 4 is 0 Å². The Morgan fingerprint density at radius 3 is 1.28 bits per heavy atom. The summed E-state index contributed by atoms with van der Waals surface area (Å²) in [5.41, 5.74) is 0. The molecule has 0 radical (unpaired) electrons. The number of aromatic nitrogens is 2. The minimum absolute atomic E-state index is 1.14. The Hall–Kier alpha value is -1.04. The van der Waals surface area contributed by atoms with Crippen LogP contribution in [0.2, 0.25) is 0 Å². The summed E-state index contributed by atoms with van der Waals surface area (Å²) in [7, 11) is 0.